The third-order valence-corrected chi connectivity index (χ3v) is 5.19. The SMILES string of the molecule is COc1cnccc1C(=O)NC1(CBr)CCC(C)CC1. The lowest BCUT2D eigenvalue weighted by Gasteiger charge is -2.39. The molecule has 5 heteroatoms. The molecule has 1 aromatic heterocycles. The highest BCUT2D eigenvalue weighted by molar-refractivity contribution is 9.09. The molecule has 1 aliphatic carbocycles. The van der Waals surface area contributed by atoms with Gasteiger partial charge in [-0.15, -0.1) is 0 Å². The van der Waals surface area contributed by atoms with E-state index in [-0.39, 0.29) is 11.4 Å². The van der Waals surface area contributed by atoms with Crippen molar-refractivity contribution >= 4 is 21.8 Å². The molecule has 110 valence electrons. The number of pyridine rings is 1. The Kier molecular flexibility index (Phi) is 5.02. The first-order valence-corrected chi connectivity index (χ1v) is 8.09. The number of hydrogen-bond acceptors (Lipinski definition) is 3. The lowest BCUT2D eigenvalue weighted by Crippen LogP contribution is -2.52. The van der Waals surface area contributed by atoms with E-state index in [2.05, 4.69) is 33.2 Å². The van der Waals surface area contributed by atoms with Crippen LogP contribution in [0.25, 0.3) is 0 Å². The normalized spacial score (nSPS) is 26.1. The zero-order valence-corrected chi connectivity index (χ0v) is 13.6. The number of nitrogens with one attached hydrogen (secondary N) is 1. The standard InChI is InChI=1S/C15H21BrN2O2/c1-11-3-6-15(10-16,7-4-11)18-14(19)12-5-8-17-9-13(12)20-2/h5,8-9,11H,3-4,6-7,10H2,1-2H3,(H,18,19). The number of aromatic nitrogens is 1. The number of amides is 1. The Balaban J connectivity index is 2.13. The molecule has 0 saturated heterocycles. The van der Waals surface area contributed by atoms with Gasteiger partial charge in [0.1, 0.15) is 5.75 Å². The van der Waals surface area contributed by atoms with Crippen LogP contribution in [0.4, 0.5) is 0 Å². The van der Waals surface area contributed by atoms with E-state index in [0.717, 1.165) is 36.9 Å². The maximum absolute atomic E-state index is 12.5. The second-order valence-electron chi connectivity index (χ2n) is 5.63. The van der Waals surface area contributed by atoms with Gasteiger partial charge in [0.05, 0.1) is 24.4 Å². The first-order chi connectivity index (χ1) is 9.60. The van der Waals surface area contributed by atoms with Crippen molar-refractivity contribution in [3.63, 3.8) is 0 Å². The number of halogens is 1. The van der Waals surface area contributed by atoms with Gasteiger partial charge in [-0.25, -0.2) is 0 Å². The average Bonchev–Trinajstić information content (AvgIpc) is 2.49. The summed E-state index contributed by atoms with van der Waals surface area (Å²) in [6.07, 6.45) is 7.51. The van der Waals surface area contributed by atoms with Crippen LogP contribution in [0.3, 0.4) is 0 Å². The van der Waals surface area contributed by atoms with E-state index in [4.69, 9.17) is 4.74 Å². The van der Waals surface area contributed by atoms with Crippen LogP contribution in [0.2, 0.25) is 0 Å². The minimum absolute atomic E-state index is 0.0850. The summed E-state index contributed by atoms with van der Waals surface area (Å²) in [5.74, 6) is 1.17. The van der Waals surface area contributed by atoms with Crippen molar-refractivity contribution in [3.05, 3.63) is 24.0 Å². The third-order valence-electron chi connectivity index (χ3n) is 4.11. The van der Waals surface area contributed by atoms with Crippen LogP contribution in [0, 0.1) is 5.92 Å². The average molecular weight is 341 g/mol. The Morgan fingerprint density at radius 1 is 1.55 bits per heavy atom. The highest BCUT2D eigenvalue weighted by Crippen LogP contribution is 2.33. The van der Waals surface area contributed by atoms with Crippen molar-refractivity contribution in [1.29, 1.82) is 0 Å². The number of carbonyl (C=O) groups is 1. The van der Waals surface area contributed by atoms with E-state index in [1.807, 2.05) is 0 Å². The first kappa shape index (κ1) is 15.3. The zero-order valence-electron chi connectivity index (χ0n) is 12.0. The summed E-state index contributed by atoms with van der Waals surface area (Å²) < 4.78 is 5.20. The van der Waals surface area contributed by atoms with Crippen LogP contribution in [0.1, 0.15) is 43.0 Å². The molecule has 1 fully saturated rings. The number of methoxy groups -OCH3 is 1. The second-order valence-corrected chi connectivity index (χ2v) is 6.19. The fourth-order valence-corrected chi connectivity index (χ4v) is 3.35. The van der Waals surface area contributed by atoms with E-state index in [9.17, 15) is 4.79 Å². The summed E-state index contributed by atoms with van der Waals surface area (Å²) in [7, 11) is 1.55. The van der Waals surface area contributed by atoms with Gasteiger partial charge in [0.15, 0.2) is 0 Å². The quantitative estimate of drug-likeness (QED) is 0.856. The molecule has 0 radical (unpaired) electrons. The van der Waals surface area contributed by atoms with Crippen molar-refractivity contribution in [3.8, 4) is 5.75 Å². The van der Waals surface area contributed by atoms with E-state index in [1.54, 1.807) is 25.6 Å². The van der Waals surface area contributed by atoms with Gasteiger partial charge < -0.3 is 10.1 Å². The predicted molar refractivity (Wildman–Crippen MR) is 82.4 cm³/mol. The highest BCUT2D eigenvalue weighted by atomic mass is 79.9. The monoisotopic (exact) mass is 340 g/mol. The number of carbonyl (C=O) groups excluding carboxylic acids is 1. The summed E-state index contributed by atoms with van der Waals surface area (Å²) in [4.78, 5) is 16.5. The van der Waals surface area contributed by atoms with Gasteiger partial charge in [-0.1, -0.05) is 22.9 Å². The van der Waals surface area contributed by atoms with Gasteiger partial charge in [-0.05, 0) is 37.7 Å². The van der Waals surface area contributed by atoms with Crippen LogP contribution in [0.5, 0.6) is 5.75 Å². The molecular formula is C15H21BrN2O2. The molecule has 1 aliphatic rings. The van der Waals surface area contributed by atoms with Gasteiger partial charge in [-0.3, -0.25) is 9.78 Å². The summed E-state index contributed by atoms with van der Waals surface area (Å²) >= 11 is 3.57. The lowest BCUT2D eigenvalue weighted by molar-refractivity contribution is 0.0871. The van der Waals surface area contributed by atoms with Crippen LogP contribution in [0.15, 0.2) is 18.5 Å². The van der Waals surface area contributed by atoms with Crippen LogP contribution >= 0.6 is 15.9 Å². The van der Waals surface area contributed by atoms with Gasteiger partial charge in [0, 0.05) is 11.5 Å². The smallest absolute Gasteiger partial charge is 0.255 e. The summed E-state index contributed by atoms with van der Waals surface area (Å²) in [6.45, 7) is 2.27. The molecule has 0 spiro atoms. The minimum atomic E-state index is -0.141. The van der Waals surface area contributed by atoms with Gasteiger partial charge in [-0.2, -0.15) is 0 Å². The third kappa shape index (κ3) is 3.32. The van der Waals surface area contributed by atoms with Gasteiger partial charge in [0.25, 0.3) is 5.91 Å². The molecule has 0 aliphatic heterocycles. The Morgan fingerprint density at radius 3 is 2.85 bits per heavy atom. The summed E-state index contributed by atoms with van der Waals surface area (Å²) in [6, 6.07) is 1.70. The maximum atomic E-state index is 12.5. The van der Waals surface area contributed by atoms with E-state index in [0.29, 0.717) is 11.3 Å². The van der Waals surface area contributed by atoms with Crippen LogP contribution < -0.4 is 10.1 Å². The Bertz CT molecular complexity index is 471. The van der Waals surface area contributed by atoms with Crippen molar-refractivity contribution in [2.45, 2.75) is 38.1 Å². The fourth-order valence-electron chi connectivity index (χ4n) is 2.65. The van der Waals surface area contributed by atoms with Gasteiger partial charge in [0.2, 0.25) is 0 Å². The molecule has 1 N–H and O–H groups in total. The first-order valence-electron chi connectivity index (χ1n) is 6.97. The molecule has 1 heterocycles. The van der Waals surface area contributed by atoms with E-state index in [1.165, 1.54) is 0 Å². The molecule has 1 saturated carbocycles. The Morgan fingerprint density at radius 2 is 2.25 bits per heavy atom. The molecule has 0 unspecified atom stereocenters. The molecular weight excluding hydrogens is 320 g/mol. The molecule has 0 atom stereocenters. The lowest BCUT2D eigenvalue weighted by atomic mass is 9.78. The molecule has 2 rings (SSSR count). The van der Waals surface area contributed by atoms with Crippen molar-refractivity contribution < 1.29 is 9.53 Å². The number of hydrogen-bond donors (Lipinski definition) is 1. The molecule has 0 aromatic carbocycles. The molecule has 20 heavy (non-hydrogen) atoms. The topological polar surface area (TPSA) is 51.2 Å². The van der Waals surface area contributed by atoms with Crippen molar-refractivity contribution in [2.75, 3.05) is 12.4 Å². The van der Waals surface area contributed by atoms with Crippen LogP contribution in [-0.4, -0.2) is 28.9 Å². The Labute approximate surface area is 128 Å². The number of alkyl halides is 1. The second kappa shape index (κ2) is 6.57. The zero-order chi connectivity index (χ0) is 14.6. The molecule has 1 aromatic rings. The fraction of sp³-hybridized carbons (Fsp3) is 0.600. The minimum Gasteiger partial charge on any atom is -0.494 e. The predicted octanol–water partition coefficient (Wildman–Crippen LogP) is 3.16. The summed E-state index contributed by atoms with van der Waals surface area (Å²) in [5, 5.41) is 3.98. The van der Waals surface area contributed by atoms with Crippen molar-refractivity contribution in [1.82, 2.24) is 10.3 Å². The largest absolute Gasteiger partial charge is 0.494 e. The highest BCUT2D eigenvalue weighted by Gasteiger charge is 2.35. The van der Waals surface area contributed by atoms with E-state index >= 15 is 0 Å². The molecule has 4 nitrogen and oxygen atoms in total. The summed E-state index contributed by atoms with van der Waals surface area (Å²) in [5.41, 5.74) is 0.402. The van der Waals surface area contributed by atoms with Crippen molar-refractivity contribution in [2.24, 2.45) is 5.92 Å². The number of nitrogens with zero attached hydrogens (tertiary/aromatic N) is 1. The molecule has 0 bridgehead atoms. The van der Waals surface area contributed by atoms with E-state index < -0.39 is 0 Å². The Hall–Kier alpha value is -1.10. The number of ether oxygens (including phenoxy) is 1. The maximum Gasteiger partial charge on any atom is 0.255 e. The van der Waals surface area contributed by atoms with Crippen LogP contribution in [-0.2, 0) is 0 Å². The molecule has 1 amide bonds. The number of rotatable bonds is 4. The van der Waals surface area contributed by atoms with Gasteiger partial charge >= 0.3 is 0 Å².